The van der Waals surface area contributed by atoms with Crippen molar-refractivity contribution in [2.75, 3.05) is 49.3 Å². The van der Waals surface area contributed by atoms with Crippen molar-refractivity contribution in [2.45, 2.75) is 322 Å². The molecule has 0 fully saturated rings. The summed E-state index contributed by atoms with van der Waals surface area (Å²) in [5.41, 5.74) is 1.35. The van der Waals surface area contributed by atoms with Gasteiger partial charge in [-0.2, -0.15) is 0 Å². The summed E-state index contributed by atoms with van der Waals surface area (Å²) in [7, 11) is 3.20. The molecular formula is C70H128O4P2S2. The Balaban J connectivity index is 2.31. The second kappa shape index (κ2) is 45.4. The molecule has 0 aromatic heterocycles. The predicted octanol–water partition coefficient (Wildman–Crippen LogP) is 25.5. The van der Waals surface area contributed by atoms with E-state index < -0.39 is 13.7 Å². The molecule has 0 bridgehead atoms. The van der Waals surface area contributed by atoms with Crippen molar-refractivity contribution in [3.05, 3.63) is 59.7 Å². The minimum absolute atomic E-state index is 0.124. The van der Waals surface area contributed by atoms with Crippen LogP contribution in [-0.4, -0.2) is 61.2 Å². The Labute approximate surface area is 493 Å². The van der Waals surface area contributed by atoms with E-state index in [1.807, 2.05) is 24.3 Å². The number of rotatable bonds is 55. The van der Waals surface area contributed by atoms with Gasteiger partial charge in [0.2, 0.25) is 0 Å². The fourth-order valence-corrected chi connectivity index (χ4v) is 28.2. The van der Waals surface area contributed by atoms with Gasteiger partial charge in [-0.05, 0) is 0 Å². The van der Waals surface area contributed by atoms with Crippen molar-refractivity contribution in [2.24, 2.45) is 0 Å². The molecule has 0 unspecified atom stereocenters. The first-order valence-electron chi connectivity index (χ1n) is 34.1. The van der Waals surface area contributed by atoms with E-state index in [1.165, 1.54) is 167 Å². The van der Waals surface area contributed by atoms with E-state index >= 15 is 9.59 Å². The van der Waals surface area contributed by atoms with Crippen LogP contribution < -0.4 is 0 Å². The first-order chi connectivity index (χ1) is 38.1. The van der Waals surface area contributed by atoms with Gasteiger partial charge in [0, 0.05) is 0 Å². The molecule has 0 amide bonds. The standard InChI is InChI=1S/C70H128O4P2S2/c1-9-17-25-27-29-31-33-35-37-39-41-43-45-51-63-75(57-19-11-3,58-20-12-4,59-21-13-5)73-69(71)65-53-47-49-55-67(65)77-78-68-56-50-48-54-66(68)70(72)74-76(60-22-14-6,61-23-15-7,62-24-16-8)64-52-46-44-42-40-38-36-34-32-30-28-26-18-10-2/h47-50,53-56H,9-46,51-52,57-64H2,1-8H3. The molecular weight excluding hydrogens is 1030 g/mol. The van der Waals surface area contributed by atoms with Crippen molar-refractivity contribution in [3.8, 4) is 0 Å². The minimum atomic E-state index is -2.92. The Morgan fingerprint density at radius 2 is 0.474 bits per heavy atom. The Morgan fingerprint density at radius 1 is 0.282 bits per heavy atom. The van der Waals surface area contributed by atoms with Crippen molar-refractivity contribution in [3.63, 3.8) is 0 Å². The second-order valence-corrected chi connectivity index (χ2v) is 38.3. The molecule has 8 heteroatoms. The van der Waals surface area contributed by atoms with Crippen molar-refractivity contribution in [1.29, 1.82) is 0 Å². The molecule has 0 aliphatic carbocycles. The third-order valence-corrected chi connectivity index (χ3v) is 33.2. The van der Waals surface area contributed by atoms with E-state index in [2.05, 4.69) is 79.7 Å². The molecule has 0 aliphatic heterocycles. The Bertz CT molecular complexity index is 1610. The molecule has 0 radical (unpaired) electrons. The van der Waals surface area contributed by atoms with Gasteiger partial charge in [0.05, 0.1) is 0 Å². The Hall–Kier alpha value is -1.06. The maximum atomic E-state index is 15.1. The summed E-state index contributed by atoms with van der Waals surface area (Å²) in [5, 5.41) is 0. The summed E-state index contributed by atoms with van der Waals surface area (Å²) < 4.78 is 14.9. The molecule has 4 nitrogen and oxygen atoms in total. The van der Waals surface area contributed by atoms with Crippen LogP contribution in [0.3, 0.4) is 0 Å². The summed E-state index contributed by atoms with van der Waals surface area (Å²) in [6.45, 7) is 12.6. The summed E-state index contributed by atoms with van der Waals surface area (Å²) >= 11 is 0. The predicted molar refractivity (Wildman–Crippen MR) is 358 cm³/mol. The SMILES string of the molecule is CCCCCCCCCCCCCCCCP(CCCC)(CCCC)(CCCC)OC(=O)c1ccccc1SSc1ccccc1C(=O)OP(CCCC)(CCCC)(CCCC)CCCCCCCCCCCCCCCC. The zero-order valence-corrected chi connectivity index (χ0v) is 56.3. The van der Waals surface area contributed by atoms with Crippen LogP contribution in [0.4, 0.5) is 0 Å². The molecule has 454 valence electrons. The Kier molecular flexibility index (Phi) is 42.5. The van der Waals surface area contributed by atoms with Crippen molar-refractivity contribution < 1.29 is 18.6 Å². The average molecular weight is 1160 g/mol. The number of hydrogen-bond donors (Lipinski definition) is 0. The third-order valence-electron chi connectivity index (χ3n) is 17.7. The first-order valence-corrected chi connectivity index (χ1v) is 42.0. The van der Waals surface area contributed by atoms with E-state index in [0.29, 0.717) is 11.1 Å². The van der Waals surface area contributed by atoms with Gasteiger partial charge >= 0.3 is 444 Å². The second-order valence-electron chi connectivity index (χ2n) is 24.7. The van der Waals surface area contributed by atoms with Crippen LogP contribution in [0.1, 0.15) is 333 Å². The van der Waals surface area contributed by atoms with Gasteiger partial charge in [-0.3, -0.25) is 0 Å². The van der Waals surface area contributed by atoms with E-state index in [4.69, 9.17) is 9.05 Å². The smallest absolute Gasteiger partial charge is 0.0654 e. The minimum Gasteiger partial charge on any atom is -0.0654 e. The summed E-state index contributed by atoms with van der Waals surface area (Å²) in [6, 6.07) is 16.3. The van der Waals surface area contributed by atoms with Gasteiger partial charge in [0.25, 0.3) is 0 Å². The molecule has 0 saturated heterocycles. The number of carbonyl (C=O) groups is 2. The number of carbonyl (C=O) groups excluding carboxylic acids is 2. The van der Waals surface area contributed by atoms with Crippen molar-refractivity contribution >= 4 is 47.2 Å². The quantitative estimate of drug-likeness (QED) is 0.0374. The Morgan fingerprint density at radius 3 is 0.705 bits per heavy atom. The molecule has 0 saturated carbocycles. The van der Waals surface area contributed by atoms with Crippen LogP contribution in [0.2, 0.25) is 0 Å². The van der Waals surface area contributed by atoms with E-state index in [9.17, 15) is 0 Å². The molecule has 0 aliphatic rings. The van der Waals surface area contributed by atoms with Crippen LogP contribution in [0.5, 0.6) is 0 Å². The topological polar surface area (TPSA) is 52.6 Å². The summed E-state index contributed by atoms with van der Waals surface area (Å²) in [4.78, 5) is 32.1. The maximum absolute atomic E-state index is 15.1. The van der Waals surface area contributed by atoms with Crippen LogP contribution in [0.25, 0.3) is 0 Å². The zero-order valence-electron chi connectivity index (χ0n) is 52.9. The summed E-state index contributed by atoms with van der Waals surface area (Å²) in [5.74, 6) is -0.247. The average Bonchev–Trinajstić information content (AvgIpc) is 3.47. The van der Waals surface area contributed by atoms with Crippen LogP contribution >= 0.6 is 35.2 Å². The van der Waals surface area contributed by atoms with Gasteiger partial charge in [-0.15, -0.1) is 0 Å². The number of benzene rings is 2. The molecule has 2 aromatic rings. The van der Waals surface area contributed by atoms with Crippen molar-refractivity contribution in [1.82, 2.24) is 0 Å². The fraction of sp³-hybridized carbons (Fsp3) is 0.800. The van der Waals surface area contributed by atoms with E-state index in [1.54, 1.807) is 21.6 Å². The van der Waals surface area contributed by atoms with Crippen LogP contribution in [0, 0.1) is 0 Å². The fourth-order valence-electron chi connectivity index (χ4n) is 12.5. The van der Waals surface area contributed by atoms with Gasteiger partial charge < -0.3 is 0 Å². The van der Waals surface area contributed by atoms with Gasteiger partial charge in [0.15, 0.2) is 0 Å². The molecule has 0 spiro atoms. The van der Waals surface area contributed by atoms with E-state index in [0.717, 1.165) is 149 Å². The molecule has 78 heavy (non-hydrogen) atoms. The van der Waals surface area contributed by atoms with Crippen LogP contribution in [-0.2, 0) is 9.05 Å². The first kappa shape index (κ1) is 73.0. The molecule has 0 heterocycles. The molecule has 0 atom stereocenters. The normalized spacial score (nSPS) is 13.0. The van der Waals surface area contributed by atoms with Gasteiger partial charge in [0.1, 0.15) is 0 Å². The monoisotopic (exact) mass is 1160 g/mol. The number of hydrogen-bond acceptors (Lipinski definition) is 6. The third kappa shape index (κ3) is 29.5. The summed E-state index contributed by atoms with van der Waals surface area (Å²) in [6.07, 6.45) is 59.8. The van der Waals surface area contributed by atoms with Gasteiger partial charge in [-0.25, -0.2) is 0 Å². The van der Waals surface area contributed by atoms with Gasteiger partial charge in [-0.1, -0.05) is 52.4 Å². The van der Waals surface area contributed by atoms with E-state index in [-0.39, 0.29) is 11.9 Å². The molecule has 0 N–H and O–H groups in total. The van der Waals surface area contributed by atoms with Crippen LogP contribution in [0.15, 0.2) is 58.3 Å². The molecule has 2 rings (SSSR count). The zero-order chi connectivity index (χ0) is 56.8. The molecule has 2 aromatic carbocycles. The number of unbranched alkanes of at least 4 members (excludes halogenated alkanes) is 32.